The maximum atomic E-state index is 12.7. The number of benzene rings is 1. The second-order valence-corrected chi connectivity index (χ2v) is 6.57. The summed E-state index contributed by atoms with van der Waals surface area (Å²) in [5.74, 6) is 0.826. The van der Waals surface area contributed by atoms with Crippen molar-refractivity contribution >= 4 is 21.5 Å². The number of nitrogens with two attached hydrogens (primary N) is 1. The molecular weight excluding hydrogens is 278 g/mol. The first-order valence-electron chi connectivity index (χ1n) is 6.15. The molecule has 0 fully saturated rings. The van der Waals surface area contributed by atoms with Gasteiger partial charge >= 0.3 is 0 Å². The van der Waals surface area contributed by atoms with Gasteiger partial charge in [-0.1, -0.05) is 5.16 Å². The summed E-state index contributed by atoms with van der Waals surface area (Å²) in [6.45, 7) is 5.27. The number of hydrogen-bond acceptors (Lipinski definition) is 5. The van der Waals surface area contributed by atoms with E-state index in [9.17, 15) is 8.42 Å². The minimum absolute atomic E-state index is 0.168. The van der Waals surface area contributed by atoms with Crippen molar-refractivity contribution in [3.63, 3.8) is 0 Å². The normalized spacial score (nSPS) is 11.8. The molecule has 1 heterocycles. The van der Waals surface area contributed by atoms with E-state index >= 15 is 0 Å². The maximum absolute atomic E-state index is 12.7. The standard InChI is InChI=1S/C13H17N3O3S/c1-9(2)16(13-8-10(3)19-15-13)20(17,18)12-6-4-11(14)5-7-12/h4-9H,14H2,1-3H3. The van der Waals surface area contributed by atoms with E-state index in [1.165, 1.54) is 16.4 Å². The van der Waals surface area contributed by atoms with Gasteiger partial charge in [0, 0.05) is 17.8 Å². The van der Waals surface area contributed by atoms with Gasteiger partial charge in [0.2, 0.25) is 0 Å². The summed E-state index contributed by atoms with van der Waals surface area (Å²) in [4.78, 5) is 0.168. The monoisotopic (exact) mass is 295 g/mol. The van der Waals surface area contributed by atoms with Crippen LogP contribution in [0.1, 0.15) is 19.6 Å². The molecular formula is C13H17N3O3S. The Labute approximate surface area is 118 Å². The molecule has 1 aromatic heterocycles. The summed E-state index contributed by atoms with van der Waals surface area (Å²) < 4.78 is 31.6. The third-order valence-corrected chi connectivity index (χ3v) is 4.74. The molecule has 0 aliphatic rings. The molecule has 1 aromatic carbocycles. The number of nitrogens with zero attached hydrogens (tertiary/aromatic N) is 2. The van der Waals surface area contributed by atoms with Crippen LogP contribution in [0.5, 0.6) is 0 Å². The summed E-state index contributed by atoms with van der Waals surface area (Å²) in [7, 11) is -3.70. The Hall–Kier alpha value is -2.02. The van der Waals surface area contributed by atoms with E-state index in [0.717, 1.165) is 0 Å². The first-order valence-corrected chi connectivity index (χ1v) is 7.59. The summed E-state index contributed by atoms with van der Waals surface area (Å²) in [5, 5.41) is 3.79. The molecule has 0 unspecified atom stereocenters. The van der Waals surface area contributed by atoms with E-state index in [4.69, 9.17) is 10.3 Å². The molecule has 0 atom stereocenters. The van der Waals surface area contributed by atoms with Gasteiger partial charge in [0.1, 0.15) is 5.76 Å². The lowest BCUT2D eigenvalue weighted by atomic mass is 10.3. The molecule has 20 heavy (non-hydrogen) atoms. The fourth-order valence-corrected chi connectivity index (χ4v) is 3.47. The van der Waals surface area contributed by atoms with E-state index in [1.54, 1.807) is 39.0 Å². The molecule has 6 nitrogen and oxygen atoms in total. The fraction of sp³-hybridized carbons (Fsp3) is 0.308. The highest BCUT2D eigenvalue weighted by molar-refractivity contribution is 7.92. The average molecular weight is 295 g/mol. The Morgan fingerprint density at radius 2 is 1.85 bits per heavy atom. The summed E-state index contributed by atoms with van der Waals surface area (Å²) >= 11 is 0. The molecule has 2 aromatic rings. The molecule has 2 N–H and O–H groups in total. The fourth-order valence-electron chi connectivity index (χ4n) is 1.88. The van der Waals surface area contributed by atoms with Crippen LogP contribution in [0.2, 0.25) is 0 Å². The van der Waals surface area contributed by atoms with Crippen molar-refractivity contribution in [1.29, 1.82) is 0 Å². The predicted octanol–water partition coefficient (Wildman–Crippen LogP) is 2.17. The van der Waals surface area contributed by atoms with Crippen molar-refractivity contribution in [3.8, 4) is 0 Å². The summed E-state index contributed by atoms with van der Waals surface area (Å²) in [6.07, 6.45) is 0. The van der Waals surface area contributed by atoms with Crippen molar-refractivity contribution < 1.29 is 12.9 Å². The largest absolute Gasteiger partial charge is 0.399 e. The van der Waals surface area contributed by atoms with E-state index in [1.807, 2.05) is 0 Å². The summed E-state index contributed by atoms with van der Waals surface area (Å²) in [6, 6.07) is 7.37. The molecule has 0 spiro atoms. The van der Waals surface area contributed by atoms with Crippen LogP contribution in [-0.2, 0) is 10.0 Å². The Bertz CT molecular complexity index is 690. The zero-order valence-electron chi connectivity index (χ0n) is 11.6. The number of rotatable bonds is 4. The van der Waals surface area contributed by atoms with Gasteiger partial charge in [-0.2, -0.15) is 0 Å². The Balaban J connectivity index is 2.50. The zero-order valence-corrected chi connectivity index (χ0v) is 12.4. The quantitative estimate of drug-likeness (QED) is 0.873. The van der Waals surface area contributed by atoms with Crippen LogP contribution in [0.3, 0.4) is 0 Å². The van der Waals surface area contributed by atoms with Crippen molar-refractivity contribution in [2.24, 2.45) is 0 Å². The first kappa shape index (κ1) is 14.4. The highest BCUT2D eigenvalue weighted by Crippen LogP contribution is 2.26. The minimum Gasteiger partial charge on any atom is -0.399 e. The number of aryl methyl sites for hydroxylation is 1. The third kappa shape index (κ3) is 2.62. The SMILES string of the molecule is Cc1cc(N(C(C)C)S(=O)(=O)c2ccc(N)cc2)no1. The van der Waals surface area contributed by atoms with Gasteiger partial charge in [-0.3, -0.25) is 0 Å². The molecule has 0 saturated carbocycles. The van der Waals surface area contributed by atoms with E-state index < -0.39 is 10.0 Å². The molecule has 108 valence electrons. The van der Waals surface area contributed by atoms with Crippen LogP contribution < -0.4 is 10.0 Å². The van der Waals surface area contributed by atoms with Gasteiger partial charge in [0.15, 0.2) is 5.82 Å². The number of anilines is 2. The van der Waals surface area contributed by atoms with Gasteiger partial charge in [-0.25, -0.2) is 12.7 Å². The van der Waals surface area contributed by atoms with Crippen LogP contribution in [-0.4, -0.2) is 19.6 Å². The number of sulfonamides is 1. The van der Waals surface area contributed by atoms with Crippen molar-refractivity contribution in [2.75, 3.05) is 10.0 Å². The topological polar surface area (TPSA) is 89.4 Å². The number of nitrogen functional groups attached to an aromatic ring is 1. The van der Waals surface area contributed by atoms with E-state index in [2.05, 4.69) is 5.16 Å². The number of hydrogen-bond donors (Lipinski definition) is 1. The Morgan fingerprint density at radius 1 is 1.25 bits per heavy atom. The van der Waals surface area contributed by atoms with E-state index in [-0.39, 0.29) is 16.8 Å². The van der Waals surface area contributed by atoms with Gasteiger partial charge in [0.25, 0.3) is 10.0 Å². The van der Waals surface area contributed by atoms with Crippen LogP contribution in [0.4, 0.5) is 11.5 Å². The lowest BCUT2D eigenvalue weighted by molar-refractivity contribution is 0.397. The van der Waals surface area contributed by atoms with Gasteiger partial charge in [-0.15, -0.1) is 0 Å². The second-order valence-electron chi connectivity index (χ2n) is 4.76. The smallest absolute Gasteiger partial charge is 0.265 e. The lowest BCUT2D eigenvalue weighted by Crippen LogP contribution is -2.37. The van der Waals surface area contributed by atoms with Crippen LogP contribution in [0, 0.1) is 6.92 Å². The van der Waals surface area contributed by atoms with E-state index in [0.29, 0.717) is 11.4 Å². The highest BCUT2D eigenvalue weighted by atomic mass is 32.2. The van der Waals surface area contributed by atoms with Gasteiger partial charge in [-0.05, 0) is 45.0 Å². The predicted molar refractivity (Wildman–Crippen MR) is 76.9 cm³/mol. The molecule has 0 aliphatic carbocycles. The molecule has 2 rings (SSSR count). The molecule has 7 heteroatoms. The lowest BCUT2D eigenvalue weighted by Gasteiger charge is -2.25. The van der Waals surface area contributed by atoms with Crippen LogP contribution >= 0.6 is 0 Å². The van der Waals surface area contributed by atoms with Crippen LogP contribution in [0.25, 0.3) is 0 Å². The van der Waals surface area contributed by atoms with Gasteiger partial charge < -0.3 is 10.3 Å². The Morgan fingerprint density at radius 3 is 2.30 bits per heavy atom. The zero-order chi connectivity index (χ0) is 14.9. The molecule has 0 saturated heterocycles. The van der Waals surface area contributed by atoms with Crippen LogP contribution in [0.15, 0.2) is 39.8 Å². The van der Waals surface area contributed by atoms with Crippen molar-refractivity contribution in [2.45, 2.75) is 31.7 Å². The second kappa shape index (κ2) is 5.16. The summed E-state index contributed by atoms with van der Waals surface area (Å²) in [5.41, 5.74) is 6.10. The van der Waals surface area contributed by atoms with Gasteiger partial charge in [0.05, 0.1) is 4.90 Å². The average Bonchev–Trinajstić information content (AvgIpc) is 2.75. The van der Waals surface area contributed by atoms with Crippen molar-refractivity contribution in [1.82, 2.24) is 5.16 Å². The molecule has 0 bridgehead atoms. The molecule has 0 radical (unpaired) electrons. The van der Waals surface area contributed by atoms with Crippen molar-refractivity contribution in [3.05, 3.63) is 36.1 Å². The highest BCUT2D eigenvalue weighted by Gasteiger charge is 2.29. The Kier molecular flexibility index (Phi) is 3.71. The molecule has 0 aliphatic heterocycles. The first-order chi connectivity index (χ1) is 9.32. The maximum Gasteiger partial charge on any atom is 0.265 e. The third-order valence-electron chi connectivity index (χ3n) is 2.75. The number of aromatic nitrogens is 1. The minimum atomic E-state index is -3.70. The molecule has 0 amide bonds.